The minimum absolute atomic E-state index is 0.0784. The molecular weight excluding hydrogens is 397 g/mol. The van der Waals surface area contributed by atoms with Crippen molar-refractivity contribution >= 4 is 11.6 Å². The fourth-order valence-electron chi connectivity index (χ4n) is 4.10. The Hall–Kier alpha value is -2.81. The second-order valence-corrected chi connectivity index (χ2v) is 7.81. The zero-order valence-corrected chi connectivity index (χ0v) is 17.3. The van der Waals surface area contributed by atoms with Gasteiger partial charge in [-0.15, -0.1) is 0 Å². The van der Waals surface area contributed by atoms with Gasteiger partial charge in [0.05, 0.1) is 16.8 Å². The van der Waals surface area contributed by atoms with Gasteiger partial charge in [-0.3, -0.25) is 14.5 Å². The summed E-state index contributed by atoms with van der Waals surface area (Å²) in [5.74, 6) is -1.23. The minimum Gasteiger partial charge on any atom is -0.366 e. The van der Waals surface area contributed by atoms with Gasteiger partial charge in [-0.05, 0) is 26.5 Å². The first-order valence-electron chi connectivity index (χ1n) is 9.61. The Morgan fingerprint density at radius 2 is 1.60 bits per heavy atom. The number of hydrogen-bond donors (Lipinski definition) is 1. The molecule has 2 atom stereocenters. The Labute approximate surface area is 172 Å². The highest BCUT2D eigenvalue weighted by molar-refractivity contribution is 6.02. The quantitative estimate of drug-likeness (QED) is 0.826. The third-order valence-electron chi connectivity index (χ3n) is 5.82. The van der Waals surface area contributed by atoms with E-state index in [0.717, 1.165) is 4.57 Å². The highest BCUT2D eigenvalue weighted by Crippen LogP contribution is 2.41. The van der Waals surface area contributed by atoms with Gasteiger partial charge in [0, 0.05) is 32.2 Å². The number of alkyl halides is 3. The lowest BCUT2D eigenvalue weighted by Gasteiger charge is -2.44. The van der Waals surface area contributed by atoms with E-state index in [1.807, 2.05) is 25.8 Å². The molecule has 162 valence electrons. The molecule has 1 aromatic heterocycles. The maximum Gasteiger partial charge on any atom is 0.419 e. The van der Waals surface area contributed by atoms with Crippen LogP contribution in [0.15, 0.2) is 35.1 Å². The number of rotatable bonds is 3. The monoisotopic (exact) mass is 422 g/mol. The number of hydrogen-bond acceptors (Lipinski definition) is 4. The fraction of sp³-hybridized carbons (Fsp3) is 0.429. The van der Waals surface area contributed by atoms with Crippen molar-refractivity contribution in [2.45, 2.75) is 32.1 Å². The van der Waals surface area contributed by atoms with Crippen LogP contribution in [0.2, 0.25) is 0 Å². The summed E-state index contributed by atoms with van der Waals surface area (Å²) in [5.41, 5.74) is 2.35. The van der Waals surface area contributed by atoms with Gasteiger partial charge in [-0.25, -0.2) is 0 Å². The third kappa shape index (κ3) is 3.69. The van der Waals surface area contributed by atoms with Crippen molar-refractivity contribution in [1.29, 1.82) is 0 Å². The van der Waals surface area contributed by atoms with Crippen molar-refractivity contribution in [3.8, 4) is 11.3 Å². The second kappa shape index (κ2) is 7.79. The number of carbonyl (C=O) groups is 1. The van der Waals surface area contributed by atoms with E-state index in [9.17, 15) is 22.8 Å². The van der Waals surface area contributed by atoms with Gasteiger partial charge < -0.3 is 15.2 Å². The SMILES string of the molecule is CC1CN(c2c(C(F)(F)F)c(C(N)=O)c(-c3ccccc3)n(C)c2=O)CC(C)N1C. The zero-order chi connectivity index (χ0) is 22.4. The van der Waals surface area contributed by atoms with Gasteiger partial charge in [0.15, 0.2) is 0 Å². The Kier molecular flexibility index (Phi) is 5.68. The molecule has 9 heteroatoms. The van der Waals surface area contributed by atoms with Gasteiger partial charge >= 0.3 is 6.18 Å². The van der Waals surface area contributed by atoms with E-state index in [0.29, 0.717) is 5.56 Å². The lowest BCUT2D eigenvalue weighted by Crippen LogP contribution is -2.56. The van der Waals surface area contributed by atoms with Gasteiger partial charge in [-0.2, -0.15) is 13.2 Å². The Morgan fingerprint density at radius 3 is 2.07 bits per heavy atom. The molecule has 1 aliphatic rings. The van der Waals surface area contributed by atoms with Gasteiger partial charge in [0.1, 0.15) is 5.69 Å². The van der Waals surface area contributed by atoms with E-state index in [1.54, 1.807) is 30.3 Å². The number of halogens is 3. The van der Waals surface area contributed by atoms with Crippen molar-refractivity contribution in [2.24, 2.45) is 12.8 Å². The van der Waals surface area contributed by atoms with E-state index in [4.69, 9.17) is 5.73 Å². The Morgan fingerprint density at radius 1 is 1.07 bits per heavy atom. The van der Waals surface area contributed by atoms with Gasteiger partial charge in [0.25, 0.3) is 11.5 Å². The predicted molar refractivity (Wildman–Crippen MR) is 110 cm³/mol. The maximum absolute atomic E-state index is 14.3. The molecule has 1 fully saturated rings. The van der Waals surface area contributed by atoms with Crippen LogP contribution in [0.4, 0.5) is 18.9 Å². The Balaban J connectivity index is 2.40. The third-order valence-corrected chi connectivity index (χ3v) is 5.82. The van der Waals surface area contributed by atoms with Crippen molar-refractivity contribution in [3.05, 3.63) is 51.8 Å². The first-order chi connectivity index (χ1) is 13.9. The normalized spacial score (nSPS) is 20.4. The molecular formula is C21H25F3N4O2. The molecule has 1 saturated heterocycles. The molecule has 0 bridgehead atoms. The lowest BCUT2D eigenvalue weighted by molar-refractivity contribution is -0.137. The average molecular weight is 422 g/mol. The number of anilines is 1. The van der Waals surface area contributed by atoms with Crippen molar-refractivity contribution in [2.75, 3.05) is 25.0 Å². The smallest absolute Gasteiger partial charge is 0.366 e. The molecule has 0 saturated carbocycles. The summed E-state index contributed by atoms with van der Waals surface area (Å²) in [6.07, 6.45) is -4.94. The van der Waals surface area contributed by atoms with Crippen LogP contribution >= 0.6 is 0 Å². The molecule has 0 radical (unpaired) electrons. The fourth-order valence-corrected chi connectivity index (χ4v) is 4.10. The van der Waals surface area contributed by atoms with Gasteiger partial charge in [-0.1, -0.05) is 30.3 Å². The van der Waals surface area contributed by atoms with E-state index in [-0.39, 0.29) is 30.9 Å². The van der Waals surface area contributed by atoms with E-state index < -0.39 is 34.5 Å². The van der Waals surface area contributed by atoms with Gasteiger partial charge in [0.2, 0.25) is 0 Å². The van der Waals surface area contributed by atoms with E-state index >= 15 is 0 Å². The number of benzene rings is 1. The molecule has 2 N–H and O–H groups in total. The lowest BCUT2D eigenvalue weighted by atomic mass is 9.96. The maximum atomic E-state index is 14.3. The number of pyridine rings is 1. The van der Waals surface area contributed by atoms with Crippen LogP contribution in [0.25, 0.3) is 11.3 Å². The van der Waals surface area contributed by atoms with Crippen molar-refractivity contribution in [1.82, 2.24) is 9.47 Å². The molecule has 2 aromatic rings. The van der Waals surface area contributed by atoms with E-state index in [2.05, 4.69) is 0 Å². The average Bonchev–Trinajstić information content (AvgIpc) is 2.66. The first-order valence-corrected chi connectivity index (χ1v) is 9.61. The van der Waals surface area contributed by atoms with Crippen LogP contribution in [-0.4, -0.2) is 47.6 Å². The highest BCUT2D eigenvalue weighted by atomic mass is 19.4. The number of carbonyl (C=O) groups excluding carboxylic acids is 1. The number of aromatic nitrogens is 1. The molecule has 6 nitrogen and oxygen atoms in total. The summed E-state index contributed by atoms with van der Waals surface area (Å²) < 4.78 is 44.0. The van der Waals surface area contributed by atoms with Crippen LogP contribution < -0.4 is 16.2 Å². The van der Waals surface area contributed by atoms with Crippen LogP contribution in [-0.2, 0) is 13.2 Å². The number of nitrogens with zero attached hydrogens (tertiary/aromatic N) is 3. The summed E-state index contributed by atoms with van der Waals surface area (Å²) in [6, 6.07) is 7.86. The topological polar surface area (TPSA) is 71.6 Å². The minimum atomic E-state index is -4.94. The van der Waals surface area contributed by atoms with Crippen LogP contribution in [0.1, 0.15) is 29.8 Å². The Bertz CT molecular complexity index is 1010. The zero-order valence-electron chi connectivity index (χ0n) is 17.3. The number of amides is 1. The van der Waals surface area contributed by atoms with Crippen molar-refractivity contribution < 1.29 is 18.0 Å². The largest absolute Gasteiger partial charge is 0.419 e. The molecule has 3 rings (SSSR count). The molecule has 30 heavy (non-hydrogen) atoms. The molecule has 1 aromatic carbocycles. The highest BCUT2D eigenvalue weighted by Gasteiger charge is 2.44. The molecule has 1 aliphatic heterocycles. The standard InChI is InChI=1S/C21H25F3N4O2/c1-12-10-28(11-13(2)26(12)3)18-16(21(22,23)24)15(19(25)29)17(27(4)20(18)30)14-8-6-5-7-9-14/h5-9,12-13H,10-11H2,1-4H3,(H2,25,29). The predicted octanol–water partition coefficient (Wildman–Crippen LogP) is 2.70. The molecule has 0 aliphatic carbocycles. The first kappa shape index (κ1) is 21.9. The van der Waals surface area contributed by atoms with Crippen LogP contribution in [0.3, 0.4) is 0 Å². The van der Waals surface area contributed by atoms with Crippen molar-refractivity contribution in [3.63, 3.8) is 0 Å². The summed E-state index contributed by atoms with van der Waals surface area (Å²) in [6.45, 7) is 4.21. The summed E-state index contributed by atoms with van der Waals surface area (Å²) >= 11 is 0. The number of piperazine rings is 1. The second-order valence-electron chi connectivity index (χ2n) is 7.81. The van der Waals surface area contributed by atoms with E-state index in [1.165, 1.54) is 11.9 Å². The summed E-state index contributed by atoms with van der Waals surface area (Å²) in [7, 11) is 3.26. The molecule has 2 unspecified atom stereocenters. The summed E-state index contributed by atoms with van der Waals surface area (Å²) in [4.78, 5) is 29.1. The van der Waals surface area contributed by atoms with Crippen LogP contribution in [0.5, 0.6) is 0 Å². The molecule has 0 spiro atoms. The number of likely N-dealkylation sites (N-methyl/N-ethyl adjacent to an activating group) is 1. The summed E-state index contributed by atoms with van der Waals surface area (Å²) in [5, 5.41) is 0. The molecule has 1 amide bonds. The van der Waals surface area contributed by atoms with Crippen LogP contribution in [0, 0.1) is 0 Å². The molecule has 2 heterocycles. The number of primary amides is 1. The number of nitrogens with two attached hydrogens (primary N) is 1.